The van der Waals surface area contributed by atoms with Crippen LogP contribution in [0.1, 0.15) is 0 Å². The van der Waals surface area contributed by atoms with E-state index in [1.807, 2.05) is 0 Å². The summed E-state index contributed by atoms with van der Waals surface area (Å²) >= 11 is 6.40. The van der Waals surface area contributed by atoms with Gasteiger partial charge in [0.2, 0.25) is 0 Å². The van der Waals surface area contributed by atoms with E-state index >= 15 is 0 Å². The molecule has 0 unspecified atom stereocenters. The van der Waals surface area contributed by atoms with Crippen LogP contribution >= 0.6 is 48.8 Å². The monoisotopic (exact) mass is 326 g/mol. The van der Waals surface area contributed by atoms with Crippen LogP contribution < -0.4 is 0 Å². The lowest BCUT2D eigenvalue weighted by molar-refractivity contribution is 1.11. The van der Waals surface area contributed by atoms with E-state index in [0.717, 1.165) is 10.7 Å². The molecule has 0 nitrogen and oxygen atoms in total. The molecule has 0 spiro atoms. The van der Waals surface area contributed by atoms with Gasteiger partial charge in [0.25, 0.3) is 0 Å². The normalized spacial score (nSPS) is 3.75. The van der Waals surface area contributed by atoms with E-state index in [9.17, 15) is 0 Å². The Morgan fingerprint density at radius 3 is 0.875 bits per heavy atom. The van der Waals surface area contributed by atoms with Crippen LogP contribution in [-0.2, 0) is 0 Å². The van der Waals surface area contributed by atoms with Gasteiger partial charge in [0, 0.05) is 10.7 Å². The second-order valence-corrected chi connectivity index (χ2v) is 1.96. The molecule has 0 aromatic heterocycles. The van der Waals surface area contributed by atoms with Crippen molar-refractivity contribution in [3.05, 3.63) is 0 Å². The lowest BCUT2D eigenvalue weighted by Gasteiger charge is -1.63. The minimum atomic E-state index is 0. The van der Waals surface area contributed by atoms with Gasteiger partial charge in [0.15, 0.2) is 0 Å². The number of alkyl halides is 2. The molecule has 0 saturated heterocycles. The molecule has 0 aliphatic carbocycles. The van der Waals surface area contributed by atoms with Gasteiger partial charge in [-0.05, 0) is 0 Å². The highest BCUT2D eigenvalue weighted by Crippen LogP contribution is 1.82. The highest BCUT2D eigenvalue weighted by atomic mass is 79.9. The Morgan fingerprint density at radius 1 is 0.750 bits per heavy atom. The minimum Gasteiger partial charge on any atom is -0.269 e. The van der Waals surface area contributed by atoms with E-state index in [2.05, 4.69) is 31.9 Å². The number of hydrogen-bond acceptors (Lipinski definition) is 0. The zero-order chi connectivity index (χ0) is 3.41. The smallest absolute Gasteiger partial charge is 0.0129 e. The Labute approximate surface area is 73.5 Å². The zero-order valence-corrected chi connectivity index (χ0v) is 8.69. The van der Waals surface area contributed by atoms with Gasteiger partial charge in [-0.1, -0.05) is 31.9 Å². The Bertz CT molecular complexity index is 14.5. The Hall–Kier alpha value is 1.23. The first-order valence-corrected chi connectivity index (χ1v) is 3.28. The zero-order valence-electron chi connectivity index (χ0n) is 3.80. The van der Waals surface area contributed by atoms with Crippen LogP contribution in [0.15, 0.2) is 0 Å². The number of halogens is 6. The molecule has 0 bridgehead atoms. The molecule has 0 aliphatic rings. The van der Waals surface area contributed by atoms with Gasteiger partial charge in [-0.2, -0.15) is 0 Å². The molecule has 0 aliphatic heterocycles. The predicted octanol–water partition coefficient (Wildman–Crippen LogP) is 2.81. The fraction of sp³-hybridized carbons (Fsp3) is 1.00. The summed E-state index contributed by atoms with van der Waals surface area (Å²) in [6.45, 7) is 0. The van der Waals surface area contributed by atoms with Crippen molar-refractivity contribution < 1.29 is 14.1 Å². The van der Waals surface area contributed by atoms with Crippen molar-refractivity contribution in [3.63, 3.8) is 0 Å². The summed E-state index contributed by atoms with van der Waals surface area (Å²) in [4.78, 5) is 0. The SMILES string of the molecule is Br.BrCCBr.F.F.F. The minimum absolute atomic E-state index is 0. The van der Waals surface area contributed by atoms with Gasteiger partial charge in [0.1, 0.15) is 0 Å². The van der Waals surface area contributed by atoms with Gasteiger partial charge >= 0.3 is 0 Å². The largest absolute Gasteiger partial charge is 0.269 e. The summed E-state index contributed by atoms with van der Waals surface area (Å²) in [6.07, 6.45) is 0. The first-order valence-electron chi connectivity index (χ1n) is 1.03. The van der Waals surface area contributed by atoms with Crippen LogP contribution in [0.3, 0.4) is 0 Å². The van der Waals surface area contributed by atoms with Gasteiger partial charge < -0.3 is 0 Å². The van der Waals surface area contributed by atoms with Gasteiger partial charge in [-0.3, -0.25) is 14.1 Å². The van der Waals surface area contributed by atoms with Crippen molar-refractivity contribution in [2.75, 3.05) is 10.7 Å². The fourth-order valence-corrected chi connectivity index (χ4v) is 0. The highest BCUT2D eigenvalue weighted by molar-refractivity contribution is 9.11. The summed E-state index contributed by atoms with van der Waals surface area (Å²) in [5, 5.41) is 2.10. The first kappa shape index (κ1) is 34.9. The Morgan fingerprint density at radius 2 is 0.875 bits per heavy atom. The quantitative estimate of drug-likeness (QED) is 0.649. The second-order valence-electron chi connectivity index (χ2n) is 0.378. The lowest BCUT2D eigenvalue weighted by Crippen LogP contribution is -1.61. The topological polar surface area (TPSA) is 0 Å². The molecule has 0 fully saturated rings. The summed E-state index contributed by atoms with van der Waals surface area (Å²) in [5.74, 6) is 0. The van der Waals surface area contributed by atoms with Crippen molar-refractivity contribution >= 4 is 48.8 Å². The van der Waals surface area contributed by atoms with E-state index in [0.29, 0.717) is 0 Å². The van der Waals surface area contributed by atoms with Gasteiger partial charge in [-0.15, -0.1) is 17.0 Å². The Kier molecular flexibility index (Phi) is 180. The fourth-order valence-electron chi connectivity index (χ4n) is 0. The van der Waals surface area contributed by atoms with Crippen molar-refractivity contribution in [3.8, 4) is 0 Å². The van der Waals surface area contributed by atoms with E-state index in [4.69, 9.17) is 0 Å². The summed E-state index contributed by atoms with van der Waals surface area (Å²) in [6, 6.07) is 0. The average molecular weight is 329 g/mol. The average Bonchev–Trinajstić information content (AvgIpc) is 1.37. The summed E-state index contributed by atoms with van der Waals surface area (Å²) in [5.41, 5.74) is 0. The third-order valence-corrected chi connectivity index (χ3v) is 1.93. The van der Waals surface area contributed by atoms with Crippen molar-refractivity contribution in [2.24, 2.45) is 0 Å². The van der Waals surface area contributed by atoms with E-state index < -0.39 is 0 Å². The maximum absolute atomic E-state index is 3.20. The Balaban J connectivity index is -0.00000000750. The van der Waals surface area contributed by atoms with Crippen molar-refractivity contribution in [1.29, 1.82) is 0 Å². The molecule has 6 heteroatoms. The maximum Gasteiger partial charge on any atom is 0.0129 e. The van der Waals surface area contributed by atoms with Crippen LogP contribution in [-0.4, -0.2) is 10.7 Å². The molecule has 0 rings (SSSR count). The molecule has 0 aromatic rings. The highest BCUT2D eigenvalue weighted by Gasteiger charge is 1.60. The van der Waals surface area contributed by atoms with E-state index in [1.165, 1.54) is 0 Å². The standard InChI is InChI=1S/C2H4Br2.BrH.3FH/c3-1-2-4;;;;/h1-2H2;4*1H. The van der Waals surface area contributed by atoms with E-state index in [-0.39, 0.29) is 31.1 Å². The van der Waals surface area contributed by atoms with Crippen LogP contribution in [0.4, 0.5) is 14.1 Å². The molecule has 0 atom stereocenters. The van der Waals surface area contributed by atoms with Crippen LogP contribution in [0.25, 0.3) is 0 Å². The molecule has 0 heterocycles. The molecule has 8 heavy (non-hydrogen) atoms. The number of hydrogen-bond donors (Lipinski definition) is 0. The molecule has 58 valence electrons. The molecule has 0 N–H and O–H groups in total. The molecular weight excluding hydrogens is 321 g/mol. The van der Waals surface area contributed by atoms with Crippen LogP contribution in [0.5, 0.6) is 0 Å². The van der Waals surface area contributed by atoms with Gasteiger partial charge in [-0.25, -0.2) is 0 Å². The number of rotatable bonds is 1. The van der Waals surface area contributed by atoms with Crippen LogP contribution in [0, 0.1) is 0 Å². The molecule has 0 saturated carbocycles. The molecule has 0 radical (unpaired) electrons. The van der Waals surface area contributed by atoms with E-state index in [1.54, 1.807) is 0 Å². The second kappa shape index (κ2) is 41.2. The van der Waals surface area contributed by atoms with Crippen molar-refractivity contribution in [1.82, 2.24) is 0 Å². The van der Waals surface area contributed by atoms with Crippen LogP contribution in [0.2, 0.25) is 0 Å². The summed E-state index contributed by atoms with van der Waals surface area (Å²) < 4.78 is 0. The summed E-state index contributed by atoms with van der Waals surface area (Å²) in [7, 11) is 0. The predicted molar refractivity (Wildman–Crippen MR) is 45.4 cm³/mol. The maximum atomic E-state index is 3.20. The van der Waals surface area contributed by atoms with Gasteiger partial charge in [0.05, 0.1) is 0 Å². The molecular formula is C2H8Br3F3. The molecule has 0 amide bonds. The third-order valence-electron chi connectivity index (χ3n) is 0.0714. The molecule has 0 aromatic carbocycles. The first-order chi connectivity index (χ1) is 1.91. The lowest BCUT2D eigenvalue weighted by atomic mass is 11.0. The third kappa shape index (κ3) is 56.4. The van der Waals surface area contributed by atoms with Crippen molar-refractivity contribution in [2.45, 2.75) is 0 Å².